The molecule has 1 aromatic rings. The molecule has 0 amide bonds. The first-order valence-electron chi connectivity index (χ1n) is 6.62. The molecule has 20 heavy (non-hydrogen) atoms. The number of nitrogens with one attached hydrogen (secondary N) is 1. The van der Waals surface area contributed by atoms with Crippen LogP contribution in [0.5, 0.6) is 0 Å². The van der Waals surface area contributed by atoms with Crippen molar-refractivity contribution in [2.24, 2.45) is 10.6 Å². The van der Waals surface area contributed by atoms with Crippen LogP contribution in [0, 0.1) is 19.3 Å². The van der Waals surface area contributed by atoms with Crippen LogP contribution in [-0.2, 0) is 10.0 Å². The highest BCUT2D eigenvalue weighted by molar-refractivity contribution is 7.89. The number of aryl methyl sites for hydroxylation is 1. The predicted molar refractivity (Wildman–Crippen MR) is 79.1 cm³/mol. The fraction of sp³-hybridized carbons (Fsp3) is 0.571. The van der Waals surface area contributed by atoms with Crippen molar-refractivity contribution in [1.82, 2.24) is 0 Å². The van der Waals surface area contributed by atoms with Crippen molar-refractivity contribution in [3.05, 3.63) is 23.3 Å². The van der Waals surface area contributed by atoms with Gasteiger partial charge in [-0.15, -0.1) is 0 Å². The molecular formula is C14H22N2O3S. The van der Waals surface area contributed by atoms with Crippen molar-refractivity contribution in [2.75, 3.05) is 5.32 Å². The maximum Gasteiger partial charge on any atom is 0.238 e. The molecule has 0 heterocycles. The number of nitrogens with two attached hydrogens (primary N) is 1. The summed E-state index contributed by atoms with van der Waals surface area (Å²) in [6.45, 7) is 7.78. The zero-order valence-electron chi connectivity index (χ0n) is 12.3. The first-order chi connectivity index (χ1) is 9.03. The Morgan fingerprint density at radius 3 is 2.40 bits per heavy atom. The molecule has 1 aromatic carbocycles. The second-order valence-electron chi connectivity index (χ2n) is 6.23. The molecule has 2 unspecified atom stereocenters. The summed E-state index contributed by atoms with van der Waals surface area (Å²) in [5.41, 5.74) is 2.41. The molecule has 1 aliphatic rings. The minimum Gasteiger partial charge on any atom is -0.392 e. The van der Waals surface area contributed by atoms with Crippen molar-refractivity contribution in [3.8, 4) is 0 Å². The summed E-state index contributed by atoms with van der Waals surface area (Å²) in [6, 6.07) is 3.26. The quantitative estimate of drug-likeness (QED) is 0.789. The van der Waals surface area contributed by atoms with Crippen molar-refractivity contribution in [1.29, 1.82) is 0 Å². The van der Waals surface area contributed by atoms with Crippen LogP contribution in [0.1, 0.15) is 31.4 Å². The molecule has 0 aliphatic heterocycles. The molecule has 5 nitrogen and oxygen atoms in total. The lowest BCUT2D eigenvalue weighted by atomic mass is 9.64. The Balaban J connectivity index is 2.35. The lowest BCUT2D eigenvalue weighted by molar-refractivity contribution is -0.0510. The number of rotatable bonds is 3. The monoisotopic (exact) mass is 298 g/mol. The van der Waals surface area contributed by atoms with Gasteiger partial charge < -0.3 is 10.4 Å². The Kier molecular flexibility index (Phi) is 3.60. The third kappa shape index (κ3) is 2.55. The molecule has 1 aliphatic carbocycles. The number of primary sulfonamides is 1. The van der Waals surface area contributed by atoms with Gasteiger partial charge in [0.15, 0.2) is 0 Å². The Labute approximate surface area is 120 Å². The zero-order valence-corrected chi connectivity index (χ0v) is 13.1. The highest BCUT2D eigenvalue weighted by Gasteiger charge is 2.47. The van der Waals surface area contributed by atoms with Gasteiger partial charge in [-0.05, 0) is 43.5 Å². The van der Waals surface area contributed by atoms with Gasteiger partial charge in [0.25, 0.3) is 0 Å². The van der Waals surface area contributed by atoms with Crippen LogP contribution in [0.15, 0.2) is 17.0 Å². The number of aliphatic hydroxyl groups excluding tert-OH is 1. The number of anilines is 1. The second-order valence-corrected chi connectivity index (χ2v) is 7.79. The number of sulfonamides is 1. The average Bonchev–Trinajstić information content (AvgIpc) is 2.32. The molecule has 2 rings (SSSR count). The number of hydrogen-bond acceptors (Lipinski definition) is 4. The molecule has 0 bridgehead atoms. The van der Waals surface area contributed by atoms with Gasteiger partial charge in [0.1, 0.15) is 0 Å². The van der Waals surface area contributed by atoms with E-state index >= 15 is 0 Å². The highest BCUT2D eigenvalue weighted by Crippen LogP contribution is 2.42. The molecule has 112 valence electrons. The van der Waals surface area contributed by atoms with E-state index in [4.69, 9.17) is 5.14 Å². The fourth-order valence-electron chi connectivity index (χ4n) is 2.48. The predicted octanol–water partition coefficient (Wildman–Crippen LogP) is 1.52. The van der Waals surface area contributed by atoms with Crippen LogP contribution in [0.4, 0.5) is 5.69 Å². The molecule has 1 fully saturated rings. The van der Waals surface area contributed by atoms with Gasteiger partial charge in [-0.2, -0.15) is 0 Å². The molecule has 0 saturated heterocycles. The topological polar surface area (TPSA) is 92.4 Å². The smallest absolute Gasteiger partial charge is 0.238 e. The molecule has 4 N–H and O–H groups in total. The number of aliphatic hydroxyl groups is 1. The summed E-state index contributed by atoms with van der Waals surface area (Å²) < 4.78 is 23.0. The SMILES string of the molecule is Cc1cc(S(N)(=O)=O)cc(NC2CC(O)C2(C)C)c1C. The number of benzene rings is 1. The lowest BCUT2D eigenvalue weighted by Gasteiger charge is -2.50. The standard InChI is InChI=1S/C14H22N2O3S/c1-8-5-10(20(15,18)19)6-11(9(8)2)16-12-7-13(17)14(12,3)4/h5-6,12-13,16-17H,7H2,1-4H3,(H2,15,18,19). The van der Waals surface area contributed by atoms with Gasteiger partial charge in [-0.3, -0.25) is 0 Å². The highest BCUT2D eigenvalue weighted by atomic mass is 32.2. The van der Waals surface area contributed by atoms with Gasteiger partial charge in [-0.1, -0.05) is 13.8 Å². The van der Waals surface area contributed by atoms with Crippen molar-refractivity contribution >= 4 is 15.7 Å². The molecule has 0 radical (unpaired) electrons. The van der Waals surface area contributed by atoms with Gasteiger partial charge in [0, 0.05) is 17.1 Å². The molecule has 0 spiro atoms. The van der Waals surface area contributed by atoms with E-state index in [9.17, 15) is 13.5 Å². The summed E-state index contributed by atoms with van der Waals surface area (Å²) in [5, 5.41) is 18.3. The van der Waals surface area contributed by atoms with Crippen LogP contribution < -0.4 is 10.5 Å². The van der Waals surface area contributed by atoms with Crippen molar-refractivity contribution < 1.29 is 13.5 Å². The van der Waals surface area contributed by atoms with Gasteiger partial charge in [0.05, 0.1) is 11.0 Å². The minimum absolute atomic E-state index is 0.112. The van der Waals surface area contributed by atoms with Gasteiger partial charge in [-0.25, -0.2) is 13.6 Å². The molecular weight excluding hydrogens is 276 g/mol. The molecule has 1 saturated carbocycles. The van der Waals surface area contributed by atoms with E-state index in [1.807, 2.05) is 27.7 Å². The van der Waals surface area contributed by atoms with E-state index in [0.717, 1.165) is 16.8 Å². The molecule has 6 heteroatoms. The summed E-state index contributed by atoms with van der Waals surface area (Å²) in [6.07, 6.45) is 0.327. The Hall–Kier alpha value is -1.11. The van der Waals surface area contributed by atoms with E-state index in [1.54, 1.807) is 12.1 Å². The van der Waals surface area contributed by atoms with Crippen LogP contribution in [-0.4, -0.2) is 25.7 Å². The third-order valence-corrected chi connectivity index (χ3v) is 5.41. The van der Waals surface area contributed by atoms with Gasteiger partial charge >= 0.3 is 0 Å². The van der Waals surface area contributed by atoms with Crippen molar-refractivity contribution in [3.63, 3.8) is 0 Å². The first-order valence-corrected chi connectivity index (χ1v) is 8.16. The van der Waals surface area contributed by atoms with E-state index in [0.29, 0.717) is 6.42 Å². The maximum atomic E-state index is 11.5. The van der Waals surface area contributed by atoms with Crippen LogP contribution in [0.3, 0.4) is 0 Å². The Morgan fingerprint density at radius 1 is 1.35 bits per heavy atom. The minimum atomic E-state index is -3.72. The van der Waals surface area contributed by atoms with Gasteiger partial charge in [0.2, 0.25) is 10.0 Å². The lowest BCUT2D eigenvalue weighted by Crippen LogP contribution is -2.57. The average molecular weight is 298 g/mol. The Morgan fingerprint density at radius 2 is 1.95 bits per heavy atom. The van der Waals surface area contributed by atoms with Crippen LogP contribution in [0.2, 0.25) is 0 Å². The maximum absolute atomic E-state index is 11.5. The largest absolute Gasteiger partial charge is 0.392 e. The van der Waals surface area contributed by atoms with Crippen molar-refractivity contribution in [2.45, 2.75) is 51.2 Å². The van der Waals surface area contributed by atoms with E-state index < -0.39 is 10.0 Å². The van der Waals surface area contributed by atoms with E-state index in [1.165, 1.54) is 0 Å². The second kappa shape index (κ2) is 4.72. The first kappa shape index (κ1) is 15.3. The Bertz CT molecular complexity index is 638. The summed E-state index contributed by atoms with van der Waals surface area (Å²) in [7, 11) is -3.72. The molecule has 0 aromatic heterocycles. The third-order valence-electron chi connectivity index (χ3n) is 4.52. The fourth-order valence-corrected chi connectivity index (χ4v) is 3.10. The van der Waals surface area contributed by atoms with E-state index in [-0.39, 0.29) is 22.5 Å². The normalized spacial score (nSPS) is 25.1. The summed E-state index contributed by atoms with van der Waals surface area (Å²) in [4.78, 5) is 0.112. The van der Waals surface area contributed by atoms with Crippen LogP contribution >= 0.6 is 0 Å². The zero-order chi connectivity index (χ0) is 15.3. The summed E-state index contributed by atoms with van der Waals surface area (Å²) >= 11 is 0. The van der Waals surface area contributed by atoms with E-state index in [2.05, 4.69) is 5.32 Å². The van der Waals surface area contributed by atoms with Crippen LogP contribution in [0.25, 0.3) is 0 Å². The summed E-state index contributed by atoms with van der Waals surface area (Å²) in [5.74, 6) is 0. The molecule has 2 atom stereocenters. The number of hydrogen-bond donors (Lipinski definition) is 3.